The van der Waals surface area contributed by atoms with Crippen molar-refractivity contribution in [3.63, 3.8) is 0 Å². The number of benzene rings is 2. The lowest BCUT2D eigenvalue weighted by Crippen LogP contribution is -2.48. The van der Waals surface area contributed by atoms with Crippen LogP contribution in [0.15, 0.2) is 42.0 Å². The van der Waals surface area contributed by atoms with Gasteiger partial charge in [-0.2, -0.15) is 0 Å². The number of halogens is 3. The number of nitrogens with one attached hydrogen (secondary N) is 1. The van der Waals surface area contributed by atoms with Crippen LogP contribution in [0.5, 0.6) is 11.5 Å². The summed E-state index contributed by atoms with van der Waals surface area (Å²) >= 11 is 7.98. The summed E-state index contributed by atoms with van der Waals surface area (Å²) in [5.41, 5.74) is 0.327. The maximum Gasteiger partial charge on any atom is 0.241 e. The Morgan fingerprint density at radius 3 is 2.59 bits per heavy atom. The smallest absolute Gasteiger partial charge is 0.241 e. The van der Waals surface area contributed by atoms with Gasteiger partial charge in [-0.25, -0.2) is 9.29 Å². The molecule has 8 nitrogen and oxygen atoms in total. The molecule has 4 aliphatic rings. The van der Waals surface area contributed by atoms with Gasteiger partial charge in [0.15, 0.2) is 11.5 Å². The molecule has 0 spiro atoms. The van der Waals surface area contributed by atoms with E-state index in [1.54, 1.807) is 19.1 Å². The monoisotopic (exact) mass is 664 g/mol. The van der Waals surface area contributed by atoms with Crippen molar-refractivity contribution in [1.82, 2.24) is 5.32 Å². The molecule has 2 aliphatic heterocycles. The van der Waals surface area contributed by atoms with Crippen molar-refractivity contribution in [2.75, 3.05) is 12.0 Å². The lowest BCUT2D eigenvalue weighted by atomic mass is 9.51. The molecule has 2 N–H and O–H groups in total. The minimum Gasteiger partial charge on any atom is -0.504 e. The van der Waals surface area contributed by atoms with Crippen LogP contribution in [0.25, 0.3) is 0 Å². The third kappa shape index (κ3) is 3.60. The first kappa shape index (κ1) is 26.2. The minimum atomic E-state index is -1.28. The third-order valence-electron chi connectivity index (χ3n) is 8.88. The molecule has 2 aliphatic carbocycles. The Labute approximate surface area is 241 Å². The van der Waals surface area contributed by atoms with Crippen LogP contribution >= 0.6 is 34.2 Å². The number of carbonyl (C=O) groups excluding carboxylic acids is 4. The number of imide groups is 2. The van der Waals surface area contributed by atoms with Crippen molar-refractivity contribution in [2.45, 2.75) is 25.7 Å². The number of nitrogens with zero attached hydrogens (tertiary/aromatic N) is 1. The molecule has 39 heavy (non-hydrogen) atoms. The molecule has 2 heterocycles. The predicted octanol–water partition coefficient (Wildman–Crippen LogP) is 4.32. The average Bonchev–Trinajstić information content (AvgIpc) is 3.30. The number of methoxy groups -OCH3 is 1. The molecule has 0 radical (unpaired) electrons. The standard InChI is InChI=1S/C28H23ClFIN2O6/c1-28-16(26(37)33(27(28)38)12-3-6-18(30)17(29)9-12)10-15-13(4-5-14-21(15)25(36)32-24(14)35)22(28)11-7-19(31)23(34)20(8-11)39-2/h3-4,6-9,14-16,21-22,34H,5,10H2,1-2H3,(H,32,35,36)/t14-,15+,16-,21-,22-,28+/m0/s1. The molecule has 6 atom stereocenters. The zero-order valence-electron chi connectivity index (χ0n) is 20.8. The number of carbonyl (C=O) groups is 4. The first-order chi connectivity index (χ1) is 18.5. The van der Waals surface area contributed by atoms with Crippen molar-refractivity contribution in [3.8, 4) is 11.5 Å². The first-order valence-corrected chi connectivity index (χ1v) is 13.9. The Hall–Kier alpha value is -2.99. The van der Waals surface area contributed by atoms with E-state index in [-0.39, 0.29) is 40.4 Å². The van der Waals surface area contributed by atoms with Crippen LogP contribution in [0.4, 0.5) is 10.1 Å². The van der Waals surface area contributed by atoms with Crippen LogP contribution in [-0.4, -0.2) is 35.8 Å². The number of anilines is 1. The summed E-state index contributed by atoms with van der Waals surface area (Å²) in [5.74, 6) is -5.30. The number of aromatic hydroxyl groups is 1. The first-order valence-electron chi connectivity index (χ1n) is 12.4. The van der Waals surface area contributed by atoms with Gasteiger partial charge < -0.3 is 9.84 Å². The normalized spacial score (nSPS) is 31.5. The van der Waals surface area contributed by atoms with Gasteiger partial charge in [-0.3, -0.25) is 24.5 Å². The second-order valence-electron chi connectivity index (χ2n) is 10.7. The summed E-state index contributed by atoms with van der Waals surface area (Å²) in [7, 11) is 1.42. The van der Waals surface area contributed by atoms with Crippen LogP contribution in [0.1, 0.15) is 31.2 Å². The van der Waals surface area contributed by atoms with Gasteiger partial charge in [-0.1, -0.05) is 23.3 Å². The largest absolute Gasteiger partial charge is 0.504 e. The average molecular weight is 665 g/mol. The second-order valence-corrected chi connectivity index (χ2v) is 12.2. The van der Waals surface area contributed by atoms with E-state index in [9.17, 15) is 28.7 Å². The number of allylic oxidation sites excluding steroid dienone is 2. The Balaban J connectivity index is 1.56. The van der Waals surface area contributed by atoms with E-state index in [0.717, 1.165) is 16.5 Å². The third-order valence-corrected chi connectivity index (χ3v) is 9.99. The lowest BCUT2D eigenvalue weighted by Gasteiger charge is -2.49. The fourth-order valence-electron chi connectivity index (χ4n) is 7.09. The van der Waals surface area contributed by atoms with Crippen LogP contribution in [0.2, 0.25) is 5.02 Å². The zero-order valence-corrected chi connectivity index (χ0v) is 23.7. The number of ether oxygens (including phenoxy) is 1. The highest BCUT2D eigenvalue weighted by atomic mass is 127. The van der Waals surface area contributed by atoms with Crippen LogP contribution < -0.4 is 15.0 Å². The number of fused-ring (bicyclic) bond motifs is 4. The Morgan fingerprint density at radius 2 is 1.90 bits per heavy atom. The molecule has 11 heteroatoms. The quantitative estimate of drug-likeness (QED) is 0.287. The summed E-state index contributed by atoms with van der Waals surface area (Å²) in [5, 5.41) is 12.7. The highest BCUT2D eigenvalue weighted by Crippen LogP contribution is 2.63. The number of phenols is 1. The van der Waals surface area contributed by atoms with Gasteiger partial charge in [0, 0.05) is 5.92 Å². The van der Waals surface area contributed by atoms with Gasteiger partial charge in [0.1, 0.15) is 5.82 Å². The summed E-state index contributed by atoms with van der Waals surface area (Å²) in [6.45, 7) is 1.74. The zero-order chi connectivity index (χ0) is 28.0. The second kappa shape index (κ2) is 9.02. The van der Waals surface area contributed by atoms with E-state index < -0.39 is 52.6 Å². The fourth-order valence-corrected chi connectivity index (χ4v) is 7.89. The Kier molecular flexibility index (Phi) is 6.07. The Morgan fingerprint density at radius 1 is 1.15 bits per heavy atom. The SMILES string of the molecule is COc1cc([C@H]2C3=CC[C@@H]4C(=O)NC(=O)[C@@H]4[C@@H]3C[C@H]3C(=O)N(c4ccc(F)c(Cl)c4)C(=O)[C@@]23C)cc(I)c1O. The molecule has 0 bridgehead atoms. The molecule has 0 aromatic heterocycles. The topological polar surface area (TPSA) is 113 Å². The van der Waals surface area contributed by atoms with Crippen molar-refractivity contribution in [2.24, 2.45) is 29.1 Å². The molecule has 0 unspecified atom stereocenters. The number of rotatable bonds is 3. The lowest BCUT2D eigenvalue weighted by molar-refractivity contribution is -0.131. The maximum absolute atomic E-state index is 14.3. The van der Waals surface area contributed by atoms with Gasteiger partial charge >= 0.3 is 0 Å². The molecular weight excluding hydrogens is 642 g/mol. The highest BCUT2D eigenvalue weighted by molar-refractivity contribution is 14.1. The molecular formula is C28H23ClFIN2O6. The molecule has 2 aromatic carbocycles. The summed E-state index contributed by atoms with van der Waals surface area (Å²) in [6, 6.07) is 7.09. The van der Waals surface area contributed by atoms with Crippen molar-refractivity contribution >= 4 is 63.5 Å². The van der Waals surface area contributed by atoms with Crippen molar-refractivity contribution in [3.05, 3.63) is 62.0 Å². The van der Waals surface area contributed by atoms with Crippen molar-refractivity contribution < 1.29 is 33.4 Å². The fraction of sp³-hybridized carbons (Fsp3) is 0.357. The van der Waals surface area contributed by atoms with Gasteiger partial charge in [0.2, 0.25) is 23.6 Å². The molecule has 1 saturated carbocycles. The molecule has 202 valence electrons. The number of hydrogen-bond acceptors (Lipinski definition) is 6. The summed E-state index contributed by atoms with van der Waals surface area (Å²) in [4.78, 5) is 54.9. The van der Waals surface area contributed by atoms with Gasteiger partial charge in [-0.15, -0.1) is 0 Å². The van der Waals surface area contributed by atoms with Crippen LogP contribution in [0.3, 0.4) is 0 Å². The minimum absolute atomic E-state index is 0.0502. The van der Waals surface area contributed by atoms with E-state index in [0.29, 0.717) is 15.6 Å². The molecule has 3 fully saturated rings. The van der Waals surface area contributed by atoms with Gasteiger partial charge in [0.25, 0.3) is 0 Å². The Bertz CT molecular complexity index is 1530. The molecule has 2 saturated heterocycles. The van der Waals surface area contributed by atoms with E-state index in [1.165, 1.54) is 19.2 Å². The summed E-state index contributed by atoms with van der Waals surface area (Å²) < 4.78 is 19.8. The maximum atomic E-state index is 14.3. The van der Waals surface area contributed by atoms with E-state index >= 15 is 0 Å². The predicted molar refractivity (Wildman–Crippen MR) is 147 cm³/mol. The number of amides is 4. The van der Waals surface area contributed by atoms with E-state index in [4.69, 9.17) is 16.3 Å². The van der Waals surface area contributed by atoms with Crippen molar-refractivity contribution in [1.29, 1.82) is 0 Å². The molecule has 6 rings (SSSR count). The molecule has 2 aromatic rings. The van der Waals surface area contributed by atoms with Gasteiger partial charge in [0.05, 0.1) is 44.6 Å². The summed E-state index contributed by atoms with van der Waals surface area (Å²) in [6.07, 6.45) is 2.46. The van der Waals surface area contributed by atoms with Gasteiger partial charge in [-0.05, 0) is 84.2 Å². The number of hydrogen-bond donors (Lipinski definition) is 2. The van der Waals surface area contributed by atoms with Crippen LogP contribution in [-0.2, 0) is 19.2 Å². The highest BCUT2D eigenvalue weighted by Gasteiger charge is 2.67. The van der Waals surface area contributed by atoms with Crippen LogP contribution in [0, 0.1) is 38.5 Å². The number of phenolic OH excluding ortho intramolecular Hbond substituents is 1. The molecule has 4 amide bonds. The van der Waals surface area contributed by atoms with E-state index in [1.807, 2.05) is 28.7 Å². The van der Waals surface area contributed by atoms with E-state index in [2.05, 4.69) is 5.32 Å².